The fraction of sp³-hybridized carbons (Fsp3) is 0.355. The predicted octanol–water partition coefficient (Wildman–Crippen LogP) is 4.98. The van der Waals surface area contributed by atoms with Gasteiger partial charge in [0.25, 0.3) is 0 Å². The maximum Gasteiger partial charge on any atom is 0.244 e. The molecule has 0 aromatic heterocycles. The van der Waals surface area contributed by atoms with Crippen LogP contribution in [0.5, 0.6) is 5.75 Å². The molecule has 0 heterocycles. The van der Waals surface area contributed by atoms with Crippen LogP contribution in [0.15, 0.2) is 72.8 Å². The molecule has 220 valence electrons. The number of hydrogen-bond acceptors (Lipinski definition) is 5. The third kappa shape index (κ3) is 9.23. The number of nitrogens with zero attached hydrogens (tertiary/aromatic N) is 2. The molecule has 3 rings (SSSR count). The number of ether oxygens (including phenoxy) is 1. The number of sulfonamides is 1. The second kappa shape index (κ2) is 14.9. The van der Waals surface area contributed by atoms with Gasteiger partial charge in [-0.15, -0.1) is 0 Å². The van der Waals surface area contributed by atoms with Crippen LogP contribution < -0.4 is 14.4 Å². The van der Waals surface area contributed by atoms with E-state index in [4.69, 9.17) is 16.3 Å². The average molecular weight is 600 g/mol. The number of methoxy groups -OCH3 is 1. The van der Waals surface area contributed by atoms with E-state index in [1.807, 2.05) is 50.2 Å². The zero-order valence-corrected chi connectivity index (χ0v) is 25.5. The monoisotopic (exact) mass is 599 g/mol. The third-order valence-electron chi connectivity index (χ3n) is 6.71. The van der Waals surface area contributed by atoms with Gasteiger partial charge in [-0.2, -0.15) is 0 Å². The summed E-state index contributed by atoms with van der Waals surface area (Å²) in [5, 5.41) is 3.35. The molecule has 0 saturated carbocycles. The molecule has 0 spiro atoms. The van der Waals surface area contributed by atoms with Crippen molar-refractivity contribution in [2.45, 2.75) is 45.7 Å². The van der Waals surface area contributed by atoms with E-state index in [-0.39, 0.29) is 24.6 Å². The minimum Gasteiger partial charge on any atom is -0.497 e. The molecule has 2 amide bonds. The van der Waals surface area contributed by atoms with Gasteiger partial charge in [-0.05, 0) is 54.3 Å². The number of unbranched alkanes of at least 4 members (excludes halogenated alkanes) is 1. The molecule has 0 aliphatic rings. The van der Waals surface area contributed by atoms with Crippen molar-refractivity contribution in [1.29, 1.82) is 0 Å². The highest BCUT2D eigenvalue weighted by Gasteiger charge is 2.33. The van der Waals surface area contributed by atoms with E-state index < -0.39 is 28.5 Å². The fourth-order valence-corrected chi connectivity index (χ4v) is 5.39. The number of carbonyl (C=O) groups is 2. The molecule has 0 fully saturated rings. The van der Waals surface area contributed by atoms with Crippen molar-refractivity contribution < 1.29 is 22.7 Å². The summed E-state index contributed by atoms with van der Waals surface area (Å²) in [7, 11) is -2.32. The fourth-order valence-electron chi connectivity index (χ4n) is 4.38. The highest BCUT2D eigenvalue weighted by Crippen LogP contribution is 2.26. The highest BCUT2D eigenvalue weighted by atomic mass is 35.5. The van der Waals surface area contributed by atoms with Gasteiger partial charge in [0.2, 0.25) is 21.8 Å². The minimum absolute atomic E-state index is 0.0704. The lowest BCUT2D eigenvalue weighted by molar-refractivity contribution is -0.140. The van der Waals surface area contributed by atoms with Gasteiger partial charge in [-0.25, -0.2) is 8.42 Å². The van der Waals surface area contributed by atoms with E-state index in [1.54, 1.807) is 37.4 Å². The molecular formula is C31H38ClN3O5S. The van der Waals surface area contributed by atoms with Gasteiger partial charge in [-0.3, -0.25) is 13.9 Å². The van der Waals surface area contributed by atoms with Crippen LogP contribution in [0.1, 0.15) is 36.5 Å². The number of carbonyl (C=O) groups excluding carboxylic acids is 2. The van der Waals surface area contributed by atoms with Gasteiger partial charge < -0.3 is 15.0 Å². The molecule has 0 saturated heterocycles. The van der Waals surface area contributed by atoms with Crippen molar-refractivity contribution in [2.24, 2.45) is 0 Å². The lowest BCUT2D eigenvalue weighted by Crippen LogP contribution is -2.53. The Morgan fingerprint density at radius 3 is 2.34 bits per heavy atom. The Labute approximate surface area is 248 Å². The Bertz CT molecular complexity index is 1430. The SMILES string of the molecule is CCCCNC(=O)C(Cc1ccccc1)N(Cc1cccc(OC)c1)C(=O)CN(c1ccc(C)c(Cl)c1)S(C)(=O)=O. The summed E-state index contributed by atoms with van der Waals surface area (Å²) in [5.41, 5.74) is 2.66. The summed E-state index contributed by atoms with van der Waals surface area (Å²) in [4.78, 5) is 29.2. The van der Waals surface area contributed by atoms with Crippen molar-refractivity contribution >= 4 is 39.1 Å². The molecule has 1 unspecified atom stereocenters. The summed E-state index contributed by atoms with van der Waals surface area (Å²) in [5.74, 6) is -0.224. The zero-order chi connectivity index (χ0) is 30.0. The first-order valence-corrected chi connectivity index (χ1v) is 15.7. The van der Waals surface area contributed by atoms with Crippen LogP contribution in [0.4, 0.5) is 5.69 Å². The lowest BCUT2D eigenvalue weighted by atomic mass is 10.0. The molecule has 8 nitrogen and oxygen atoms in total. The molecule has 3 aromatic rings. The normalized spacial score (nSPS) is 11.9. The number of halogens is 1. The van der Waals surface area contributed by atoms with E-state index in [0.29, 0.717) is 17.3 Å². The number of anilines is 1. The Balaban J connectivity index is 2.06. The first-order valence-electron chi connectivity index (χ1n) is 13.5. The molecule has 0 aliphatic heterocycles. The number of hydrogen-bond donors (Lipinski definition) is 1. The van der Waals surface area contributed by atoms with Crippen molar-refractivity contribution in [1.82, 2.24) is 10.2 Å². The number of aryl methyl sites for hydroxylation is 1. The van der Waals surface area contributed by atoms with Gasteiger partial charge in [0, 0.05) is 24.5 Å². The van der Waals surface area contributed by atoms with Gasteiger partial charge in [0.15, 0.2) is 0 Å². The maximum absolute atomic E-state index is 14.1. The first-order chi connectivity index (χ1) is 19.5. The van der Waals surface area contributed by atoms with Crippen molar-refractivity contribution in [3.05, 3.63) is 94.5 Å². The first kappa shape index (κ1) is 32.0. The summed E-state index contributed by atoms with van der Waals surface area (Å²) in [6, 6.07) is 20.6. The van der Waals surface area contributed by atoms with Crippen LogP contribution in [0.2, 0.25) is 5.02 Å². The molecule has 10 heteroatoms. The van der Waals surface area contributed by atoms with Gasteiger partial charge in [0.05, 0.1) is 19.1 Å². The quantitative estimate of drug-likeness (QED) is 0.264. The van der Waals surface area contributed by atoms with E-state index >= 15 is 0 Å². The molecule has 0 aliphatic carbocycles. The highest BCUT2D eigenvalue weighted by molar-refractivity contribution is 7.92. The number of rotatable bonds is 14. The molecule has 1 N–H and O–H groups in total. The summed E-state index contributed by atoms with van der Waals surface area (Å²) in [6.07, 6.45) is 2.99. The molecule has 0 radical (unpaired) electrons. The largest absolute Gasteiger partial charge is 0.497 e. The Hall–Kier alpha value is -3.56. The topological polar surface area (TPSA) is 96.0 Å². The van der Waals surface area contributed by atoms with E-state index in [1.165, 1.54) is 11.0 Å². The molecular weight excluding hydrogens is 562 g/mol. The van der Waals surface area contributed by atoms with E-state index in [9.17, 15) is 18.0 Å². The molecule has 41 heavy (non-hydrogen) atoms. The molecule has 3 aromatic carbocycles. The minimum atomic E-state index is -3.88. The van der Waals surface area contributed by atoms with Crippen molar-refractivity contribution in [2.75, 3.05) is 30.8 Å². The van der Waals surface area contributed by atoms with Crippen LogP contribution in [0, 0.1) is 6.92 Å². The number of nitrogens with one attached hydrogen (secondary N) is 1. The van der Waals surface area contributed by atoms with Crippen LogP contribution in [-0.2, 0) is 32.6 Å². The second-order valence-corrected chi connectivity index (χ2v) is 12.2. The Morgan fingerprint density at radius 2 is 1.71 bits per heavy atom. The van der Waals surface area contributed by atoms with Crippen molar-refractivity contribution in [3.63, 3.8) is 0 Å². The standard InChI is InChI=1S/C31H38ClN3O5S/c1-5-6-17-33-31(37)29(19-24-11-8-7-9-12-24)34(21-25-13-10-14-27(18-25)40-3)30(36)22-35(41(4,38)39)26-16-15-23(2)28(32)20-26/h7-16,18,20,29H,5-6,17,19,21-22H2,1-4H3,(H,33,37). The smallest absolute Gasteiger partial charge is 0.244 e. The van der Waals surface area contributed by atoms with Crippen LogP contribution in [0.25, 0.3) is 0 Å². The van der Waals surface area contributed by atoms with Gasteiger partial charge >= 0.3 is 0 Å². The van der Waals surface area contributed by atoms with Crippen LogP contribution in [0.3, 0.4) is 0 Å². The predicted molar refractivity (Wildman–Crippen MR) is 164 cm³/mol. The van der Waals surface area contributed by atoms with E-state index in [0.717, 1.165) is 40.1 Å². The number of amides is 2. The Kier molecular flexibility index (Phi) is 11.6. The van der Waals surface area contributed by atoms with Crippen molar-refractivity contribution in [3.8, 4) is 5.75 Å². The number of benzene rings is 3. The zero-order valence-electron chi connectivity index (χ0n) is 24.0. The van der Waals surface area contributed by atoms with Crippen LogP contribution >= 0.6 is 11.6 Å². The van der Waals surface area contributed by atoms with Crippen LogP contribution in [-0.4, -0.2) is 57.6 Å². The molecule has 1 atom stereocenters. The summed E-state index contributed by atoms with van der Waals surface area (Å²) in [6.45, 7) is 3.88. The summed E-state index contributed by atoms with van der Waals surface area (Å²) >= 11 is 6.30. The second-order valence-electron chi connectivity index (χ2n) is 9.93. The average Bonchev–Trinajstić information content (AvgIpc) is 2.95. The van der Waals surface area contributed by atoms with Gasteiger partial charge in [-0.1, -0.05) is 73.5 Å². The lowest BCUT2D eigenvalue weighted by Gasteiger charge is -2.33. The third-order valence-corrected chi connectivity index (χ3v) is 8.26. The molecule has 0 bridgehead atoms. The summed E-state index contributed by atoms with van der Waals surface area (Å²) < 4.78 is 32.2. The van der Waals surface area contributed by atoms with Gasteiger partial charge in [0.1, 0.15) is 18.3 Å². The Morgan fingerprint density at radius 1 is 1.00 bits per heavy atom. The maximum atomic E-state index is 14.1. The van der Waals surface area contributed by atoms with E-state index in [2.05, 4.69) is 5.32 Å².